The summed E-state index contributed by atoms with van der Waals surface area (Å²) in [5.41, 5.74) is 0. The predicted molar refractivity (Wildman–Crippen MR) is 57.8 cm³/mol. The van der Waals surface area contributed by atoms with Crippen LogP contribution in [0.25, 0.3) is 0 Å². The Kier molecular flexibility index (Phi) is 5.25. The highest BCUT2D eigenvalue weighted by molar-refractivity contribution is 5.75. The third kappa shape index (κ3) is 5.11. The smallest absolute Gasteiger partial charge is 0.303 e. The molecular weight excluding hydrogens is 210 g/mol. The molecule has 16 heavy (non-hydrogen) atoms. The number of aliphatic carboxylic acids is 1. The van der Waals surface area contributed by atoms with Crippen molar-refractivity contribution in [3.63, 3.8) is 0 Å². The topological polar surface area (TPSA) is 86.6 Å². The van der Waals surface area contributed by atoms with Crippen molar-refractivity contribution in [2.24, 2.45) is 5.92 Å². The molecule has 0 aliphatic heterocycles. The summed E-state index contributed by atoms with van der Waals surface area (Å²) >= 11 is 0. The fourth-order valence-electron chi connectivity index (χ4n) is 1.78. The monoisotopic (exact) mass is 229 g/mol. The van der Waals surface area contributed by atoms with E-state index < -0.39 is 5.97 Å². The van der Waals surface area contributed by atoms with E-state index in [2.05, 4.69) is 5.32 Å². The van der Waals surface area contributed by atoms with Crippen molar-refractivity contribution in [3.8, 4) is 0 Å². The van der Waals surface area contributed by atoms with Gasteiger partial charge in [-0.05, 0) is 31.6 Å². The second-order valence-electron chi connectivity index (χ2n) is 4.40. The third-order valence-electron chi connectivity index (χ3n) is 2.84. The minimum absolute atomic E-state index is 0.0215. The molecule has 0 heterocycles. The van der Waals surface area contributed by atoms with Crippen LogP contribution in [0, 0.1) is 5.92 Å². The Hall–Kier alpha value is -1.10. The normalized spacial score (nSPS) is 23.6. The number of nitrogens with one attached hydrogen (secondary N) is 1. The minimum Gasteiger partial charge on any atom is -0.481 e. The van der Waals surface area contributed by atoms with E-state index in [1.165, 1.54) is 0 Å². The van der Waals surface area contributed by atoms with Gasteiger partial charge in [0.15, 0.2) is 0 Å². The number of unbranched alkanes of at least 4 members (excludes halogenated alkanes) is 1. The average molecular weight is 229 g/mol. The summed E-state index contributed by atoms with van der Waals surface area (Å²) < 4.78 is 0. The summed E-state index contributed by atoms with van der Waals surface area (Å²) in [5, 5.41) is 20.2. The Bertz CT molecular complexity index is 248. The molecule has 3 N–H and O–H groups in total. The molecule has 5 nitrogen and oxygen atoms in total. The number of carbonyl (C=O) groups excluding carboxylic acids is 1. The van der Waals surface area contributed by atoms with Crippen LogP contribution in [0.3, 0.4) is 0 Å². The molecule has 1 fully saturated rings. The van der Waals surface area contributed by atoms with Crippen molar-refractivity contribution in [2.45, 2.75) is 44.6 Å². The summed E-state index contributed by atoms with van der Waals surface area (Å²) in [7, 11) is 0. The lowest BCUT2D eigenvalue weighted by Crippen LogP contribution is -2.38. The molecule has 0 unspecified atom stereocenters. The molecule has 1 amide bonds. The highest BCUT2D eigenvalue weighted by Gasteiger charge is 2.26. The van der Waals surface area contributed by atoms with E-state index in [0.717, 1.165) is 12.8 Å². The fourth-order valence-corrected chi connectivity index (χ4v) is 1.78. The van der Waals surface area contributed by atoms with E-state index >= 15 is 0 Å². The molecule has 0 aromatic rings. The first-order valence-corrected chi connectivity index (χ1v) is 5.74. The second kappa shape index (κ2) is 6.48. The molecule has 1 aliphatic rings. The molecule has 1 saturated carbocycles. The Morgan fingerprint density at radius 1 is 1.19 bits per heavy atom. The first-order valence-electron chi connectivity index (χ1n) is 5.74. The van der Waals surface area contributed by atoms with E-state index in [4.69, 9.17) is 10.2 Å². The van der Waals surface area contributed by atoms with Crippen molar-refractivity contribution < 1.29 is 19.8 Å². The lowest BCUT2D eigenvalue weighted by molar-refractivity contribution is -0.137. The Morgan fingerprint density at radius 3 is 2.38 bits per heavy atom. The quantitative estimate of drug-likeness (QED) is 0.555. The lowest BCUT2D eigenvalue weighted by atomic mass is 9.82. The van der Waals surface area contributed by atoms with Crippen LogP contribution >= 0.6 is 0 Å². The highest BCUT2D eigenvalue weighted by Crippen LogP contribution is 2.26. The number of carbonyl (C=O) groups is 2. The maximum atomic E-state index is 11.3. The average Bonchev–Trinajstić information content (AvgIpc) is 2.17. The van der Waals surface area contributed by atoms with Crippen LogP contribution in [0.5, 0.6) is 0 Å². The highest BCUT2D eigenvalue weighted by atomic mass is 16.4. The second-order valence-corrected chi connectivity index (χ2v) is 4.40. The van der Waals surface area contributed by atoms with Crippen LogP contribution < -0.4 is 5.32 Å². The van der Waals surface area contributed by atoms with Crippen molar-refractivity contribution in [2.75, 3.05) is 6.54 Å². The lowest BCUT2D eigenvalue weighted by Gasteiger charge is -2.31. The summed E-state index contributed by atoms with van der Waals surface area (Å²) in [6, 6.07) is 0. The molecule has 1 rings (SSSR count). The number of carboxylic acids is 1. The van der Waals surface area contributed by atoms with Crippen molar-refractivity contribution >= 4 is 11.9 Å². The Labute approximate surface area is 94.8 Å². The number of hydrogen-bond donors (Lipinski definition) is 3. The maximum absolute atomic E-state index is 11.3. The standard InChI is InChI=1S/C11H19NO4/c13-9-5-8(6-9)7-12-10(14)3-1-2-4-11(15)16/h8-9,13H,1-7H2,(H,12,14)(H,15,16). The van der Waals surface area contributed by atoms with E-state index in [-0.39, 0.29) is 18.4 Å². The van der Waals surface area contributed by atoms with Gasteiger partial charge in [-0.25, -0.2) is 0 Å². The van der Waals surface area contributed by atoms with Gasteiger partial charge in [0.2, 0.25) is 5.91 Å². The van der Waals surface area contributed by atoms with Gasteiger partial charge < -0.3 is 15.5 Å². The summed E-state index contributed by atoms with van der Waals surface area (Å²) in [6.45, 7) is 0.634. The Morgan fingerprint density at radius 2 is 1.81 bits per heavy atom. The zero-order valence-electron chi connectivity index (χ0n) is 9.32. The van der Waals surface area contributed by atoms with Gasteiger partial charge in [-0.2, -0.15) is 0 Å². The van der Waals surface area contributed by atoms with Gasteiger partial charge in [-0.1, -0.05) is 0 Å². The van der Waals surface area contributed by atoms with E-state index in [0.29, 0.717) is 31.7 Å². The molecule has 92 valence electrons. The van der Waals surface area contributed by atoms with Crippen LogP contribution in [-0.2, 0) is 9.59 Å². The molecule has 0 spiro atoms. The zero-order valence-corrected chi connectivity index (χ0v) is 9.32. The fraction of sp³-hybridized carbons (Fsp3) is 0.818. The van der Waals surface area contributed by atoms with Gasteiger partial charge in [0, 0.05) is 19.4 Å². The van der Waals surface area contributed by atoms with Crippen LogP contribution in [0.4, 0.5) is 0 Å². The minimum atomic E-state index is -0.816. The third-order valence-corrected chi connectivity index (χ3v) is 2.84. The summed E-state index contributed by atoms with van der Waals surface area (Å²) in [5.74, 6) is -0.423. The summed E-state index contributed by atoms with van der Waals surface area (Å²) in [6.07, 6.45) is 3.05. The zero-order chi connectivity index (χ0) is 12.0. The largest absolute Gasteiger partial charge is 0.481 e. The first kappa shape index (κ1) is 13.0. The van der Waals surface area contributed by atoms with Gasteiger partial charge in [-0.15, -0.1) is 0 Å². The number of aliphatic hydroxyl groups is 1. The predicted octanol–water partition coefficient (Wildman–Crippen LogP) is 0.518. The number of aliphatic hydroxyl groups excluding tert-OH is 1. The molecule has 1 aliphatic carbocycles. The van der Waals surface area contributed by atoms with Gasteiger partial charge in [0.05, 0.1) is 6.10 Å². The van der Waals surface area contributed by atoms with Crippen LogP contribution in [0.1, 0.15) is 38.5 Å². The molecule has 0 aromatic carbocycles. The van der Waals surface area contributed by atoms with E-state index in [9.17, 15) is 9.59 Å². The van der Waals surface area contributed by atoms with Crippen LogP contribution in [-0.4, -0.2) is 34.7 Å². The van der Waals surface area contributed by atoms with E-state index in [1.807, 2.05) is 0 Å². The maximum Gasteiger partial charge on any atom is 0.303 e. The SMILES string of the molecule is O=C(O)CCCCC(=O)NCC1CC(O)C1. The molecule has 0 radical (unpaired) electrons. The van der Waals surface area contributed by atoms with E-state index in [1.54, 1.807) is 0 Å². The van der Waals surface area contributed by atoms with Crippen molar-refractivity contribution in [1.82, 2.24) is 5.32 Å². The number of carboxylic acid groups (broad SMARTS) is 1. The summed E-state index contributed by atoms with van der Waals surface area (Å²) in [4.78, 5) is 21.5. The molecular formula is C11H19NO4. The van der Waals surface area contributed by atoms with Crippen LogP contribution in [0.2, 0.25) is 0 Å². The molecule has 5 heteroatoms. The van der Waals surface area contributed by atoms with Gasteiger partial charge in [-0.3, -0.25) is 9.59 Å². The first-order chi connectivity index (χ1) is 7.58. The molecule has 0 saturated heterocycles. The molecule has 0 aromatic heterocycles. The van der Waals surface area contributed by atoms with Gasteiger partial charge in [0.25, 0.3) is 0 Å². The van der Waals surface area contributed by atoms with Crippen LogP contribution in [0.15, 0.2) is 0 Å². The molecule has 0 atom stereocenters. The van der Waals surface area contributed by atoms with Gasteiger partial charge >= 0.3 is 5.97 Å². The van der Waals surface area contributed by atoms with Gasteiger partial charge in [0.1, 0.15) is 0 Å². The number of rotatable bonds is 7. The number of hydrogen-bond acceptors (Lipinski definition) is 3. The Balaban J connectivity index is 1.92. The van der Waals surface area contributed by atoms with Crippen molar-refractivity contribution in [1.29, 1.82) is 0 Å². The number of amides is 1. The molecule has 0 bridgehead atoms. The van der Waals surface area contributed by atoms with Crippen molar-refractivity contribution in [3.05, 3.63) is 0 Å².